The van der Waals surface area contributed by atoms with E-state index >= 15 is 0 Å². The van der Waals surface area contributed by atoms with Crippen LogP contribution in [0.4, 0.5) is 11.4 Å². The molecular weight excluding hydrogens is 422 g/mol. The molecule has 168 valence electrons. The van der Waals surface area contributed by atoms with Crippen molar-refractivity contribution < 1.29 is 22.9 Å². The van der Waals surface area contributed by atoms with E-state index in [1.165, 1.54) is 18.2 Å². The first kappa shape index (κ1) is 24.1. The van der Waals surface area contributed by atoms with Crippen LogP contribution in [0.25, 0.3) is 0 Å². The number of non-ortho nitro benzene ring substituents is 1. The number of carbonyl (C=O) groups excluding carboxylic acids is 1. The number of amides is 1. The first-order valence-corrected chi connectivity index (χ1v) is 11.5. The lowest BCUT2D eigenvalue weighted by molar-refractivity contribution is -0.384. The van der Waals surface area contributed by atoms with Crippen LogP contribution in [-0.2, 0) is 14.8 Å². The molecule has 31 heavy (non-hydrogen) atoms. The molecule has 0 spiro atoms. The molecule has 0 unspecified atom stereocenters. The molecule has 0 radical (unpaired) electrons. The summed E-state index contributed by atoms with van der Waals surface area (Å²) in [6, 6.07) is 12.1. The van der Waals surface area contributed by atoms with Crippen LogP contribution in [0.15, 0.2) is 48.5 Å². The van der Waals surface area contributed by atoms with Gasteiger partial charge in [0.05, 0.1) is 30.0 Å². The minimum atomic E-state index is -3.85. The second-order valence-corrected chi connectivity index (χ2v) is 9.48. The summed E-state index contributed by atoms with van der Waals surface area (Å²) in [5, 5.41) is 13.9. The molecule has 0 saturated heterocycles. The largest absolute Gasteiger partial charge is 0.497 e. The summed E-state index contributed by atoms with van der Waals surface area (Å²) in [6.07, 6.45) is 1.60. The maximum atomic E-state index is 12.8. The first-order valence-electron chi connectivity index (χ1n) is 9.66. The minimum Gasteiger partial charge on any atom is -0.497 e. The number of hydrogen-bond acceptors (Lipinski definition) is 6. The van der Waals surface area contributed by atoms with Gasteiger partial charge in [-0.3, -0.25) is 19.2 Å². The molecule has 0 aliphatic carbocycles. The van der Waals surface area contributed by atoms with Gasteiger partial charge < -0.3 is 10.1 Å². The Bertz CT molecular complexity index is 1020. The van der Waals surface area contributed by atoms with Gasteiger partial charge in [0.1, 0.15) is 12.3 Å². The van der Waals surface area contributed by atoms with Gasteiger partial charge in [-0.1, -0.05) is 32.0 Å². The molecule has 2 aromatic rings. The Balaban J connectivity index is 2.26. The number of nitrogens with one attached hydrogen (secondary N) is 1. The van der Waals surface area contributed by atoms with Gasteiger partial charge in [0.25, 0.3) is 5.69 Å². The standard InChI is InChI=1S/C21H27N3O6S/c1-15(2)12-20(16-8-10-19(30-3)11-9-16)22-21(25)14-23(31(4,28)29)17-6-5-7-18(13-17)24(26)27/h5-11,13,15,20H,12,14H2,1-4H3,(H,22,25)/t20-/m0/s1. The molecule has 0 saturated carbocycles. The van der Waals surface area contributed by atoms with Crippen molar-refractivity contribution in [3.8, 4) is 5.75 Å². The molecule has 9 nitrogen and oxygen atoms in total. The van der Waals surface area contributed by atoms with Crippen LogP contribution in [-0.4, -0.2) is 39.2 Å². The van der Waals surface area contributed by atoms with Crippen LogP contribution in [0.1, 0.15) is 31.9 Å². The fourth-order valence-electron chi connectivity index (χ4n) is 3.12. The van der Waals surface area contributed by atoms with E-state index in [0.717, 1.165) is 22.2 Å². The van der Waals surface area contributed by atoms with Gasteiger partial charge in [-0.2, -0.15) is 0 Å². The Morgan fingerprint density at radius 2 is 1.84 bits per heavy atom. The molecule has 0 heterocycles. The van der Waals surface area contributed by atoms with Crippen molar-refractivity contribution >= 4 is 27.3 Å². The molecule has 2 rings (SSSR count). The SMILES string of the molecule is COc1ccc([C@H](CC(C)C)NC(=O)CN(c2cccc([N+](=O)[O-])c2)S(C)(=O)=O)cc1. The lowest BCUT2D eigenvalue weighted by Gasteiger charge is -2.25. The van der Waals surface area contributed by atoms with E-state index in [4.69, 9.17) is 4.74 Å². The topological polar surface area (TPSA) is 119 Å². The first-order chi connectivity index (χ1) is 14.5. The highest BCUT2D eigenvalue weighted by molar-refractivity contribution is 7.92. The number of hydrogen-bond donors (Lipinski definition) is 1. The second kappa shape index (κ2) is 10.3. The number of anilines is 1. The molecule has 2 aromatic carbocycles. The van der Waals surface area contributed by atoms with Gasteiger partial charge in [0, 0.05) is 12.1 Å². The maximum absolute atomic E-state index is 12.8. The minimum absolute atomic E-state index is 0.0525. The third-order valence-corrected chi connectivity index (χ3v) is 5.72. The number of carbonyl (C=O) groups is 1. The quantitative estimate of drug-likeness (QED) is 0.439. The predicted molar refractivity (Wildman–Crippen MR) is 119 cm³/mol. The van der Waals surface area contributed by atoms with E-state index in [1.807, 2.05) is 26.0 Å². The zero-order valence-electron chi connectivity index (χ0n) is 17.9. The highest BCUT2D eigenvalue weighted by Crippen LogP contribution is 2.25. The van der Waals surface area contributed by atoms with Crippen molar-refractivity contribution in [2.75, 3.05) is 24.2 Å². The summed E-state index contributed by atoms with van der Waals surface area (Å²) >= 11 is 0. The summed E-state index contributed by atoms with van der Waals surface area (Å²) in [6.45, 7) is 3.55. The van der Waals surface area contributed by atoms with Gasteiger partial charge >= 0.3 is 0 Å². The average molecular weight is 450 g/mol. The lowest BCUT2D eigenvalue weighted by Crippen LogP contribution is -2.41. The smallest absolute Gasteiger partial charge is 0.271 e. The summed E-state index contributed by atoms with van der Waals surface area (Å²) < 4.78 is 30.7. The van der Waals surface area contributed by atoms with Gasteiger partial charge in [0.15, 0.2) is 0 Å². The highest BCUT2D eigenvalue weighted by atomic mass is 32.2. The van der Waals surface area contributed by atoms with Crippen LogP contribution in [0, 0.1) is 16.0 Å². The normalized spacial score (nSPS) is 12.3. The Morgan fingerprint density at radius 1 is 1.19 bits per heavy atom. The van der Waals surface area contributed by atoms with E-state index in [0.29, 0.717) is 12.2 Å². The second-order valence-electron chi connectivity index (χ2n) is 7.57. The van der Waals surface area contributed by atoms with Gasteiger partial charge in [-0.15, -0.1) is 0 Å². The number of benzene rings is 2. The van der Waals surface area contributed by atoms with Crippen LogP contribution in [0.3, 0.4) is 0 Å². The summed E-state index contributed by atoms with van der Waals surface area (Å²) in [7, 11) is -2.29. The van der Waals surface area contributed by atoms with E-state index in [-0.39, 0.29) is 23.3 Å². The number of methoxy groups -OCH3 is 1. The molecule has 0 bridgehead atoms. The van der Waals surface area contributed by atoms with E-state index in [1.54, 1.807) is 19.2 Å². The van der Waals surface area contributed by atoms with Crippen molar-refractivity contribution in [1.29, 1.82) is 0 Å². The predicted octanol–water partition coefficient (Wildman–Crippen LogP) is 3.27. The molecule has 1 amide bonds. The fraction of sp³-hybridized carbons (Fsp3) is 0.381. The molecule has 0 fully saturated rings. The van der Waals surface area contributed by atoms with Crippen molar-refractivity contribution in [1.82, 2.24) is 5.32 Å². The highest BCUT2D eigenvalue weighted by Gasteiger charge is 2.24. The molecule has 10 heteroatoms. The van der Waals surface area contributed by atoms with Gasteiger partial charge in [-0.05, 0) is 36.1 Å². The Morgan fingerprint density at radius 3 is 2.35 bits per heavy atom. The molecular formula is C21H27N3O6S. The molecule has 1 atom stereocenters. The van der Waals surface area contributed by atoms with E-state index in [2.05, 4.69) is 5.32 Å². The molecule has 0 aliphatic heterocycles. The summed E-state index contributed by atoms with van der Waals surface area (Å²) in [4.78, 5) is 23.2. The average Bonchev–Trinajstić information content (AvgIpc) is 2.70. The fourth-order valence-corrected chi connectivity index (χ4v) is 3.97. The van der Waals surface area contributed by atoms with Crippen LogP contribution >= 0.6 is 0 Å². The number of nitro groups is 1. The molecule has 0 aliphatic rings. The van der Waals surface area contributed by atoms with Crippen molar-refractivity contribution in [2.24, 2.45) is 5.92 Å². The zero-order chi connectivity index (χ0) is 23.2. The Kier molecular flexibility index (Phi) is 7.98. The summed E-state index contributed by atoms with van der Waals surface area (Å²) in [5.41, 5.74) is 0.656. The third kappa shape index (κ3) is 6.95. The number of nitro benzene ring substituents is 1. The third-order valence-electron chi connectivity index (χ3n) is 4.58. The summed E-state index contributed by atoms with van der Waals surface area (Å²) in [5.74, 6) is 0.445. The number of rotatable bonds is 10. The number of nitrogens with zero attached hydrogens (tertiary/aromatic N) is 2. The Hall–Kier alpha value is -3.14. The van der Waals surface area contributed by atoms with Crippen LogP contribution in [0.2, 0.25) is 0 Å². The van der Waals surface area contributed by atoms with E-state index in [9.17, 15) is 23.3 Å². The monoisotopic (exact) mass is 449 g/mol. The lowest BCUT2D eigenvalue weighted by atomic mass is 9.97. The molecule has 1 N–H and O–H groups in total. The number of ether oxygens (including phenoxy) is 1. The van der Waals surface area contributed by atoms with Crippen LogP contribution < -0.4 is 14.4 Å². The van der Waals surface area contributed by atoms with Gasteiger partial charge in [0.2, 0.25) is 15.9 Å². The number of sulfonamides is 1. The van der Waals surface area contributed by atoms with Crippen molar-refractivity contribution in [3.63, 3.8) is 0 Å². The van der Waals surface area contributed by atoms with Crippen molar-refractivity contribution in [3.05, 3.63) is 64.2 Å². The van der Waals surface area contributed by atoms with Crippen molar-refractivity contribution in [2.45, 2.75) is 26.3 Å². The van der Waals surface area contributed by atoms with Gasteiger partial charge in [-0.25, -0.2) is 8.42 Å². The Labute approximate surface area is 182 Å². The maximum Gasteiger partial charge on any atom is 0.271 e. The van der Waals surface area contributed by atoms with Crippen LogP contribution in [0.5, 0.6) is 5.75 Å². The van der Waals surface area contributed by atoms with E-state index < -0.39 is 27.4 Å². The zero-order valence-corrected chi connectivity index (χ0v) is 18.8. The molecule has 0 aromatic heterocycles.